The van der Waals surface area contributed by atoms with Crippen molar-refractivity contribution in [3.05, 3.63) is 111 Å². The zero-order valence-electron chi connectivity index (χ0n) is 23.9. The standard InChI is InChI=1S/C33H27F2N5O5/c34-24-8-19(13-36)4-5-22(24)17-44-30-3-1-2-26(38-30)23-10-31(41)39(14-25(23)35)15-29-37-27-7-6-21(32(42)43)9-28(27)40(29)18-33-11-20(12-33)16-45-33/h1-10,14,20,32,42-43H,11-12,15-18H2. The summed E-state index contributed by atoms with van der Waals surface area (Å²) in [6, 6.07) is 16.6. The number of rotatable bonds is 9. The highest BCUT2D eigenvalue weighted by Crippen LogP contribution is 2.49. The fourth-order valence-corrected chi connectivity index (χ4v) is 6.18. The van der Waals surface area contributed by atoms with Crippen molar-refractivity contribution < 1.29 is 28.5 Å². The molecule has 45 heavy (non-hydrogen) atoms. The molecule has 1 saturated carbocycles. The van der Waals surface area contributed by atoms with Crippen LogP contribution in [0.1, 0.15) is 41.6 Å². The van der Waals surface area contributed by atoms with Gasteiger partial charge in [-0.1, -0.05) is 18.2 Å². The molecular formula is C33H27F2N5O5. The van der Waals surface area contributed by atoms with Crippen LogP contribution in [0.15, 0.2) is 71.7 Å². The average Bonchev–Trinajstić information content (AvgIpc) is 3.71. The van der Waals surface area contributed by atoms with Crippen molar-refractivity contribution in [2.24, 2.45) is 5.92 Å². The number of hydrogen-bond donors (Lipinski definition) is 2. The quantitative estimate of drug-likeness (QED) is 0.237. The molecule has 0 spiro atoms. The molecule has 8 rings (SSSR count). The first-order valence-corrected chi connectivity index (χ1v) is 14.4. The van der Waals surface area contributed by atoms with Crippen LogP contribution in [0.2, 0.25) is 0 Å². The topological polar surface area (TPSA) is 135 Å². The molecule has 2 aromatic carbocycles. The Kier molecular flexibility index (Phi) is 7.16. The predicted octanol–water partition coefficient (Wildman–Crippen LogP) is 4.20. The second-order valence-electron chi connectivity index (χ2n) is 11.6. The summed E-state index contributed by atoms with van der Waals surface area (Å²) in [7, 11) is 0. The largest absolute Gasteiger partial charge is 0.473 e. The molecule has 228 valence electrons. The molecule has 3 aliphatic rings. The third-order valence-corrected chi connectivity index (χ3v) is 8.49. The van der Waals surface area contributed by atoms with Gasteiger partial charge in [0.1, 0.15) is 24.1 Å². The number of ether oxygens (including phenoxy) is 2. The minimum absolute atomic E-state index is 0.0277. The van der Waals surface area contributed by atoms with E-state index in [1.54, 1.807) is 24.3 Å². The first-order valence-electron chi connectivity index (χ1n) is 14.4. The summed E-state index contributed by atoms with van der Waals surface area (Å²) in [5.74, 6) is -0.150. The Labute approximate surface area is 255 Å². The van der Waals surface area contributed by atoms with Gasteiger partial charge in [0.25, 0.3) is 5.56 Å². The monoisotopic (exact) mass is 611 g/mol. The molecular weight excluding hydrogens is 584 g/mol. The van der Waals surface area contributed by atoms with Crippen molar-refractivity contribution in [2.45, 2.75) is 44.4 Å². The number of benzene rings is 2. The van der Waals surface area contributed by atoms with Crippen LogP contribution < -0.4 is 10.3 Å². The number of nitrogens with zero attached hydrogens (tertiary/aromatic N) is 5. The Morgan fingerprint density at radius 3 is 2.67 bits per heavy atom. The molecule has 0 unspecified atom stereocenters. The number of pyridine rings is 2. The summed E-state index contributed by atoms with van der Waals surface area (Å²) >= 11 is 0. The van der Waals surface area contributed by atoms with E-state index in [1.165, 1.54) is 28.8 Å². The van der Waals surface area contributed by atoms with Crippen molar-refractivity contribution in [3.8, 4) is 23.2 Å². The maximum atomic E-state index is 15.5. The molecule has 1 aliphatic carbocycles. The van der Waals surface area contributed by atoms with Gasteiger partial charge in [0.15, 0.2) is 6.29 Å². The lowest BCUT2D eigenvalue weighted by atomic mass is 9.74. The summed E-state index contributed by atoms with van der Waals surface area (Å²) in [5.41, 5.74) is 1.29. The van der Waals surface area contributed by atoms with Crippen molar-refractivity contribution >= 4 is 11.0 Å². The minimum atomic E-state index is -1.66. The van der Waals surface area contributed by atoms with E-state index >= 15 is 4.39 Å². The number of nitriles is 1. The summed E-state index contributed by atoms with van der Waals surface area (Å²) in [6.07, 6.45) is 1.27. The van der Waals surface area contributed by atoms with Gasteiger partial charge in [-0.2, -0.15) is 5.26 Å². The molecule has 10 nitrogen and oxygen atoms in total. The fraction of sp³-hybridized carbons (Fsp3) is 0.273. The molecule has 0 atom stereocenters. The summed E-state index contributed by atoms with van der Waals surface area (Å²) in [5, 5.41) is 28.4. The lowest BCUT2D eigenvalue weighted by Gasteiger charge is -2.36. The van der Waals surface area contributed by atoms with Crippen molar-refractivity contribution in [1.29, 1.82) is 5.26 Å². The SMILES string of the molecule is N#Cc1ccc(COc2cccc(-c3cc(=O)n(Cc4nc5ccc(C(O)O)cc5n4CC45CC(CO4)C5)cc3F)n2)c(F)c1. The summed E-state index contributed by atoms with van der Waals surface area (Å²) in [4.78, 5) is 22.3. The van der Waals surface area contributed by atoms with E-state index in [0.29, 0.717) is 41.5 Å². The first-order chi connectivity index (χ1) is 21.7. The van der Waals surface area contributed by atoms with E-state index in [2.05, 4.69) is 4.98 Å². The molecule has 5 heterocycles. The molecule has 2 saturated heterocycles. The van der Waals surface area contributed by atoms with Crippen molar-refractivity contribution in [2.75, 3.05) is 6.61 Å². The summed E-state index contributed by atoms with van der Waals surface area (Å²) < 4.78 is 44.6. The molecule has 2 N–H and O–H groups in total. The molecule has 3 fully saturated rings. The van der Waals surface area contributed by atoms with Gasteiger partial charge in [0, 0.05) is 35.0 Å². The molecule has 12 heteroatoms. The smallest absolute Gasteiger partial charge is 0.251 e. The van der Waals surface area contributed by atoms with E-state index in [9.17, 15) is 19.4 Å². The third-order valence-electron chi connectivity index (χ3n) is 8.49. The molecule has 0 radical (unpaired) electrons. The number of hydrogen-bond acceptors (Lipinski definition) is 8. The average molecular weight is 612 g/mol. The van der Waals surface area contributed by atoms with Crippen LogP contribution in [0, 0.1) is 28.9 Å². The lowest BCUT2D eigenvalue weighted by Crippen LogP contribution is -2.41. The Morgan fingerprint density at radius 2 is 1.93 bits per heavy atom. The minimum Gasteiger partial charge on any atom is -0.473 e. The Bertz CT molecular complexity index is 2040. The fourth-order valence-electron chi connectivity index (χ4n) is 6.18. The predicted molar refractivity (Wildman–Crippen MR) is 157 cm³/mol. The molecule has 2 bridgehead atoms. The van der Waals surface area contributed by atoms with Crippen molar-refractivity contribution in [1.82, 2.24) is 19.1 Å². The van der Waals surface area contributed by atoms with Crippen molar-refractivity contribution in [3.63, 3.8) is 0 Å². The number of halogens is 2. The Morgan fingerprint density at radius 1 is 1.09 bits per heavy atom. The number of aliphatic hydroxyl groups is 2. The van der Waals surface area contributed by atoms with Crippen LogP contribution in [-0.4, -0.2) is 41.5 Å². The maximum absolute atomic E-state index is 15.5. The maximum Gasteiger partial charge on any atom is 0.251 e. The molecule has 3 aromatic heterocycles. The number of fused-ring (bicyclic) bond motifs is 2. The normalized spacial score (nSPS) is 18.7. The second-order valence-corrected chi connectivity index (χ2v) is 11.6. The number of imidazole rings is 1. The zero-order valence-corrected chi connectivity index (χ0v) is 23.9. The van der Waals surface area contributed by atoms with E-state index < -0.39 is 23.5 Å². The van der Waals surface area contributed by atoms with Crippen LogP contribution in [0.25, 0.3) is 22.3 Å². The van der Waals surface area contributed by atoms with Crippen LogP contribution in [0.4, 0.5) is 8.78 Å². The van der Waals surface area contributed by atoms with Crippen LogP contribution in [0.5, 0.6) is 5.88 Å². The van der Waals surface area contributed by atoms with Gasteiger partial charge in [-0.3, -0.25) is 4.79 Å². The van der Waals surface area contributed by atoms with Gasteiger partial charge in [-0.25, -0.2) is 18.7 Å². The van der Waals surface area contributed by atoms with Gasteiger partial charge >= 0.3 is 0 Å². The van der Waals surface area contributed by atoms with Gasteiger partial charge in [-0.15, -0.1) is 0 Å². The van der Waals surface area contributed by atoms with Gasteiger partial charge in [-0.05, 0) is 49.1 Å². The highest BCUT2D eigenvalue weighted by atomic mass is 19.1. The van der Waals surface area contributed by atoms with E-state index in [1.807, 2.05) is 10.6 Å². The first kappa shape index (κ1) is 28.8. The molecule has 0 amide bonds. The number of aliphatic hydroxyl groups excluding tert-OH is 1. The zero-order chi connectivity index (χ0) is 31.3. The Hall–Kier alpha value is -4.96. The lowest BCUT2D eigenvalue weighted by molar-refractivity contribution is -0.0424. The molecule has 2 aliphatic heterocycles. The van der Waals surface area contributed by atoms with E-state index in [0.717, 1.165) is 31.2 Å². The van der Waals surface area contributed by atoms with E-state index in [-0.39, 0.29) is 47.0 Å². The van der Waals surface area contributed by atoms with Crippen LogP contribution in [-0.2, 0) is 24.4 Å². The second kappa shape index (κ2) is 11.2. The summed E-state index contributed by atoms with van der Waals surface area (Å²) in [6.45, 7) is 0.971. The number of aromatic nitrogens is 4. The third kappa shape index (κ3) is 5.46. The van der Waals surface area contributed by atoms with Gasteiger partial charge < -0.3 is 28.8 Å². The van der Waals surface area contributed by atoms with Crippen LogP contribution >= 0.6 is 0 Å². The highest BCUT2D eigenvalue weighted by Gasteiger charge is 2.52. The highest BCUT2D eigenvalue weighted by molar-refractivity contribution is 5.77. The van der Waals surface area contributed by atoms with Crippen LogP contribution in [0.3, 0.4) is 0 Å². The van der Waals surface area contributed by atoms with Gasteiger partial charge in [0.2, 0.25) is 5.88 Å². The van der Waals surface area contributed by atoms with Gasteiger partial charge in [0.05, 0.1) is 53.7 Å². The molecule has 5 aromatic rings. The Balaban J connectivity index is 1.16. The van der Waals surface area contributed by atoms with E-state index in [4.69, 9.17) is 19.7 Å².